The fourth-order valence-corrected chi connectivity index (χ4v) is 1.26. The third kappa shape index (κ3) is 7.65. The van der Waals surface area contributed by atoms with E-state index in [9.17, 15) is 14.4 Å². The van der Waals surface area contributed by atoms with Gasteiger partial charge in [-0.2, -0.15) is 0 Å². The number of carbonyl (C=O) groups is 3. The number of nitrogens with one attached hydrogen (secondary N) is 1. The van der Waals surface area contributed by atoms with Gasteiger partial charge in [0, 0.05) is 12.8 Å². The summed E-state index contributed by atoms with van der Waals surface area (Å²) in [5.41, 5.74) is -0.708. The number of hydrogen-bond acceptors (Lipinski definition) is 4. The van der Waals surface area contributed by atoms with Gasteiger partial charge in [0.05, 0.1) is 0 Å². The average Bonchev–Trinajstić information content (AvgIpc) is 2.13. The van der Waals surface area contributed by atoms with Crippen molar-refractivity contribution < 1.29 is 24.2 Å². The molecule has 0 spiro atoms. The van der Waals surface area contributed by atoms with E-state index in [1.54, 1.807) is 20.8 Å². The Hall–Kier alpha value is -1.59. The summed E-state index contributed by atoms with van der Waals surface area (Å²) in [7, 11) is 0. The van der Waals surface area contributed by atoms with Crippen molar-refractivity contribution in [1.82, 2.24) is 5.32 Å². The molecule has 0 fully saturated rings. The molecule has 6 nitrogen and oxygen atoms in total. The van der Waals surface area contributed by atoms with Gasteiger partial charge in [0.1, 0.15) is 17.4 Å². The average molecular weight is 259 g/mol. The number of carboxylic acids is 1. The first-order valence-electron chi connectivity index (χ1n) is 5.89. The maximum absolute atomic E-state index is 11.4. The zero-order valence-corrected chi connectivity index (χ0v) is 11.3. The molecule has 0 aliphatic carbocycles. The van der Waals surface area contributed by atoms with Gasteiger partial charge < -0.3 is 15.2 Å². The predicted molar refractivity (Wildman–Crippen MR) is 65.3 cm³/mol. The van der Waals surface area contributed by atoms with Crippen LogP contribution in [0.15, 0.2) is 0 Å². The van der Waals surface area contributed by atoms with Crippen LogP contribution in [-0.4, -0.2) is 34.6 Å². The van der Waals surface area contributed by atoms with E-state index >= 15 is 0 Å². The SMILES string of the molecule is CCCC(=O)CC(NC(=O)OC(C)(C)C)C(=O)O. The molecule has 104 valence electrons. The molecule has 0 aliphatic heterocycles. The number of aliphatic carboxylic acids is 1. The smallest absolute Gasteiger partial charge is 0.408 e. The topological polar surface area (TPSA) is 92.7 Å². The highest BCUT2D eigenvalue weighted by Crippen LogP contribution is 2.08. The minimum atomic E-state index is -1.25. The highest BCUT2D eigenvalue weighted by atomic mass is 16.6. The van der Waals surface area contributed by atoms with Crippen LogP contribution in [0.3, 0.4) is 0 Å². The zero-order chi connectivity index (χ0) is 14.3. The summed E-state index contributed by atoms with van der Waals surface area (Å²) in [5.74, 6) is -1.44. The number of hydrogen-bond donors (Lipinski definition) is 2. The van der Waals surface area contributed by atoms with Crippen LogP contribution >= 0.6 is 0 Å². The second-order valence-corrected chi connectivity index (χ2v) is 5.03. The van der Waals surface area contributed by atoms with Gasteiger partial charge in [-0.1, -0.05) is 6.92 Å². The number of carbonyl (C=O) groups excluding carboxylic acids is 2. The van der Waals surface area contributed by atoms with Crippen molar-refractivity contribution in [3.63, 3.8) is 0 Å². The Morgan fingerprint density at radius 3 is 2.22 bits per heavy atom. The first kappa shape index (κ1) is 16.4. The molecule has 18 heavy (non-hydrogen) atoms. The van der Waals surface area contributed by atoms with Gasteiger partial charge in [-0.15, -0.1) is 0 Å². The molecule has 1 unspecified atom stereocenters. The van der Waals surface area contributed by atoms with Gasteiger partial charge >= 0.3 is 12.1 Å². The summed E-state index contributed by atoms with van der Waals surface area (Å²) >= 11 is 0. The maximum atomic E-state index is 11.4. The molecule has 0 rings (SSSR count). The van der Waals surface area contributed by atoms with Gasteiger partial charge in [-0.25, -0.2) is 9.59 Å². The standard InChI is InChI=1S/C12H21NO5/c1-5-6-8(14)7-9(10(15)16)13-11(17)18-12(2,3)4/h9H,5-7H2,1-4H3,(H,13,17)(H,15,16). The van der Waals surface area contributed by atoms with E-state index < -0.39 is 23.7 Å². The van der Waals surface area contributed by atoms with Gasteiger partial charge in [-0.3, -0.25) is 4.79 Å². The van der Waals surface area contributed by atoms with Crippen LogP contribution in [0, 0.1) is 0 Å². The number of rotatable bonds is 6. The molecule has 2 N–H and O–H groups in total. The maximum Gasteiger partial charge on any atom is 0.408 e. The minimum Gasteiger partial charge on any atom is -0.480 e. The van der Waals surface area contributed by atoms with Crippen molar-refractivity contribution >= 4 is 17.8 Å². The molecule has 0 aliphatic rings. The Bertz CT molecular complexity index is 319. The lowest BCUT2D eigenvalue weighted by atomic mass is 10.1. The first-order chi connectivity index (χ1) is 8.15. The number of Topliss-reactive ketones (excluding diaryl/α,β-unsaturated/α-hetero) is 1. The quantitative estimate of drug-likeness (QED) is 0.757. The van der Waals surface area contributed by atoms with Gasteiger partial charge in [0.25, 0.3) is 0 Å². The van der Waals surface area contributed by atoms with Crippen molar-refractivity contribution in [2.45, 2.75) is 58.6 Å². The van der Waals surface area contributed by atoms with Gasteiger partial charge in [0.15, 0.2) is 0 Å². The lowest BCUT2D eigenvalue weighted by molar-refractivity contribution is -0.141. The molecule has 0 aromatic rings. The van der Waals surface area contributed by atoms with Crippen LogP contribution in [0.1, 0.15) is 47.0 Å². The zero-order valence-electron chi connectivity index (χ0n) is 11.3. The van der Waals surface area contributed by atoms with Crippen molar-refractivity contribution in [3.8, 4) is 0 Å². The summed E-state index contributed by atoms with van der Waals surface area (Å²) in [6.45, 7) is 6.84. The van der Waals surface area contributed by atoms with Crippen molar-refractivity contribution in [3.05, 3.63) is 0 Å². The lowest BCUT2D eigenvalue weighted by Crippen LogP contribution is -2.44. The molecular weight excluding hydrogens is 238 g/mol. The van der Waals surface area contributed by atoms with E-state index in [-0.39, 0.29) is 12.2 Å². The normalized spacial score (nSPS) is 12.7. The van der Waals surface area contributed by atoms with Crippen molar-refractivity contribution in [1.29, 1.82) is 0 Å². The second kappa shape index (κ2) is 6.98. The van der Waals surface area contributed by atoms with Crippen LogP contribution < -0.4 is 5.32 Å². The molecular formula is C12H21NO5. The van der Waals surface area contributed by atoms with E-state index in [1.807, 2.05) is 6.92 Å². The second-order valence-electron chi connectivity index (χ2n) is 5.03. The highest BCUT2D eigenvalue weighted by molar-refractivity contribution is 5.88. The largest absolute Gasteiger partial charge is 0.480 e. The number of amides is 1. The number of ether oxygens (including phenoxy) is 1. The molecule has 0 saturated heterocycles. The van der Waals surface area contributed by atoms with Crippen LogP contribution in [0.25, 0.3) is 0 Å². The Labute approximate surface area is 107 Å². The molecule has 1 atom stereocenters. The van der Waals surface area contributed by atoms with Crippen molar-refractivity contribution in [2.24, 2.45) is 0 Å². The van der Waals surface area contributed by atoms with Gasteiger partial charge in [0.2, 0.25) is 0 Å². The van der Waals surface area contributed by atoms with E-state index in [0.29, 0.717) is 12.8 Å². The first-order valence-corrected chi connectivity index (χ1v) is 5.89. The molecule has 0 aromatic carbocycles. The summed E-state index contributed by atoms with van der Waals surface area (Å²) in [6, 6.07) is -1.24. The predicted octanol–water partition coefficient (Wildman–Crippen LogP) is 1.72. The lowest BCUT2D eigenvalue weighted by Gasteiger charge is -2.21. The van der Waals surface area contributed by atoms with Crippen molar-refractivity contribution in [2.75, 3.05) is 0 Å². The van der Waals surface area contributed by atoms with E-state index in [2.05, 4.69) is 5.32 Å². The minimum absolute atomic E-state index is 0.194. The molecule has 0 saturated carbocycles. The molecule has 0 radical (unpaired) electrons. The summed E-state index contributed by atoms with van der Waals surface area (Å²) in [4.78, 5) is 33.7. The Balaban J connectivity index is 4.41. The summed E-state index contributed by atoms with van der Waals surface area (Å²) in [5, 5.41) is 11.1. The molecule has 0 aromatic heterocycles. The molecule has 0 bridgehead atoms. The Morgan fingerprint density at radius 1 is 1.28 bits per heavy atom. The van der Waals surface area contributed by atoms with E-state index in [1.165, 1.54) is 0 Å². The monoisotopic (exact) mass is 259 g/mol. The molecule has 0 heterocycles. The third-order valence-electron chi connectivity index (χ3n) is 1.95. The number of carboxylic acid groups (broad SMARTS) is 1. The van der Waals surface area contributed by atoms with E-state index in [0.717, 1.165) is 0 Å². The van der Waals surface area contributed by atoms with Crippen LogP contribution in [0.5, 0.6) is 0 Å². The highest BCUT2D eigenvalue weighted by Gasteiger charge is 2.25. The van der Waals surface area contributed by atoms with Crippen LogP contribution in [0.4, 0.5) is 4.79 Å². The fourth-order valence-electron chi connectivity index (χ4n) is 1.26. The Kier molecular flexibility index (Phi) is 6.36. The van der Waals surface area contributed by atoms with Crippen LogP contribution in [-0.2, 0) is 14.3 Å². The van der Waals surface area contributed by atoms with Crippen LogP contribution in [0.2, 0.25) is 0 Å². The van der Waals surface area contributed by atoms with Gasteiger partial charge in [-0.05, 0) is 27.2 Å². The fraction of sp³-hybridized carbons (Fsp3) is 0.750. The number of ketones is 1. The number of alkyl carbamates (subject to hydrolysis) is 1. The third-order valence-corrected chi connectivity index (χ3v) is 1.95. The molecule has 1 amide bonds. The summed E-state index contributed by atoms with van der Waals surface area (Å²) < 4.78 is 4.94. The summed E-state index contributed by atoms with van der Waals surface area (Å²) in [6.07, 6.45) is -0.0982. The van der Waals surface area contributed by atoms with E-state index in [4.69, 9.17) is 9.84 Å². The molecule has 6 heteroatoms. The Morgan fingerprint density at radius 2 is 1.83 bits per heavy atom.